The third-order valence-corrected chi connectivity index (χ3v) is 6.01. The number of aryl methyl sites for hydroxylation is 1. The minimum Gasteiger partial charge on any atom is -0.152 e. The molecule has 1 rings (SSSR count). The Hall–Kier alpha value is -0.300. The van der Waals surface area contributed by atoms with Crippen molar-refractivity contribution in [3.05, 3.63) is 21.9 Å². The highest BCUT2D eigenvalue weighted by molar-refractivity contribution is 7.08. The molecule has 0 fully saturated rings. The van der Waals surface area contributed by atoms with Crippen molar-refractivity contribution in [2.24, 2.45) is 0 Å². The lowest BCUT2D eigenvalue weighted by Crippen LogP contribution is -1.92. The van der Waals surface area contributed by atoms with Gasteiger partial charge in [0.25, 0.3) is 0 Å². The molecule has 0 aliphatic rings. The minimum atomic E-state index is 0.692. The summed E-state index contributed by atoms with van der Waals surface area (Å²) in [7, 11) is 0. The van der Waals surface area contributed by atoms with Crippen LogP contribution in [0.5, 0.6) is 0 Å². The second kappa shape index (κ2) is 15.0. The van der Waals surface area contributed by atoms with Gasteiger partial charge in [0.2, 0.25) is 0 Å². The summed E-state index contributed by atoms with van der Waals surface area (Å²) in [4.78, 5) is 0. The highest BCUT2D eigenvalue weighted by Gasteiger charge is 2.06. The molecule has 1 heterocycles. The van der Waals surface area contributed by atoms with Gasteiger partial charge >= 0.3 is 0 Å². The Morgan fingerprint density at radius 3 is 1.58 bits per heavy atom. The number of unbranched alkanes of at least 4 members (excludes halogenated alkanes) is 13. The predicted octanol–water partition coefficient (Wildman–Crippen LogP) is 8.90. The fourth-order valence-corrected chi connectivity index (χ4v) is 4.61. The Bertz CT molecular complexity index is 377. The van der Waals surface area contributed by atoms with E-state index < -0.39 is 0 Å². The summed E-state index contributed by atoms with van der Waals surface area (Å²) < 4.78 is 0. The molecule has 24 heavy (non-hydrogen) atoms. The van der Waals surface area contributed by atoms with Gasteiger partial charge in [-0.3, -0.25) is 0 Å². The highest BCUT2D eigenvalue weighted by atomic mass is 32.1. The topological polar surface area (TPSA) is 0 Å². The number of hydrogen-bond acceptors (Lipinski definition) is 1. The van der Waals surface area contributed by atoms with Gasteiger partial charge < -0.3 is 0 Å². The highest BCUT2D eigenvalue weighted by Crippen LogP contribution is 2.25. The molecular weight excluding hydrogens is 308 g/mol. The van der Waals surface area contributed by atoms with E-state index in [0.29, 0.717) is 5.92 Å². The van der Waals surface area contributed by atoms with E-state index in [9.17, 15) is 0 Å². The smallest absolute Gasteiger partial charge is 0.00558 e. The molecule has 0 radical (unpaired) electrons. The maximum Gasteiger partial charge on any atom is -0.00558 e. The average molecular weight is 351 g/mol. The molecule has 0 spiro atoms. The number of hydrogen-bond donors (Lipinski definition) is 0. The van der Waals surface area contributed by atoms with Crippen LogP contribution in [0.4, 0.5) is 0 Å². The Balaban J connectivity index is 1.83. The van der Waals surface area contributed by atoms with Crippen LogP contribution in [-0.4, -0.2) is 0 Å². The molecule has 0 bridgehead atoms. The van der Waals surface area contributed by atoms with Crippen LogP contribution < -0.4 is 0 Å². The van der Waals surface area contributed by atoms with Crippen molar-refractivity contribution in [3.8, 4) is 0 Å². The third-order valence-electron chi connectivity index (χ3n) is 5.20. The van der Waals surface area contributed by atoms with E-state index in [2.05, 4.69) is 31.5 Å². The molecule has 0 atom stereocenters. The Labute approximate surface area is 156 Å². The molecule has 0 unspecified atom stereocenters. The zero-order valence-electron chi connectivity index (χ0n) is 16.7. The zero-order chi connectivity index (χ0) is 17.5. The lowest BCUT2D eigenvalue weighted by atomic mass is 9.98. The summed E-state index contributed by atoms with van der Waals surface area (Å²) in [6, 6.07) is 0. The third kappa shape index (κ3) is 10.5. The number of rotatable bonds is 16. The molecule has 0 aromatic carbocycles. The summed E-state index contributed by atoms with van der Waals surface area (Å²) in [5, 5.41) is 4.72. The first-order valence-corrected chi connectivity index (χ1v) is 11.7. The van der Waals surface area contributed by atoms with Crippen molar-refractivity contribution in [1.29, 1.82) is 0 Å². The van der Waals surface area contributed by atoms with Gasteiger partial charge in [-0.2, -0.15) is 11.3 Å². The van der Waals surface area contributed by atoms with Crippen LogP contribution in [0, 0.1) is 0 Å². The molecule has 0 saturated heterocycles. The predicted molar refractivity (Wildman–Crippen MR) is 112 cm³/mol. The van der Waals surface area contributed by atoms with Crippen molar-refractivity contribution in [2.45, 2.75) is 123 Å². The quantitative estimate of drug-likeness (QED) is 0.261. The summed E-state index contributed by atoms with van der Waals surface area (Å²) in [6.45, 7) is 6.93. The molecular formula is C23H42S. The van der Waals surface area contributed by atoms with Gasteiger partial charge in [-0.25, -0.2) is 0 Å². The van der Waals surface area contributed by atoms with Crippen LogP contribution in [-0.2, 0) is 6.42 Å². The van der Waals surface area contributed by atoms with E-state index in [4.69, 9.17) is 0 Å². The lowest BCUT2D eigenvalue weighted by Gasteiger charge is -2.07. The van der Waals surface area contributed by atoms with Crippen molar-refractivity contribution in [1.82, 2.24) is 0 Å². The normalized spacial score (nSPS) is 11.5. The van der Waals surface area contributed by atoms with Crippen LogP contribution in [0.15, 0.2) is 10.8 Å². The molecule has 0 amide bonds. The Kier molecular flexibility index (Phi) is 13.6. The molecule has 0 nitrogen and oxygen atoms in total. The van der Waals surface area contributed by atoms with E-state index in [1.165, 1.54) is 96.3 Å². The number of thiophene rings is 1. The molecule has 0 aliphatic carbocycles. The second-order valence-electron chi connectivity index (χ2n) is 7.85. The van der Waals surface area contributed by atoms with Crippen molar-refractivity contribution in [2.75, 3.05) is 0 Å². The molecule has 0 saturated carbocycles. The van der Waals surface area contributed by atoms with Crippen molar-refractivity contribution >= 4 is 11.3 Å². The van der Waals surface area contributed by atoms with Crippen LogP contribution >= 0.6 is 11.3 Å². The second-order valence-corrected chi connectivity index (χ2v) is 8.60. The van der Waals surface area contributed by atoms with E-state index in [1.807, 2.05) is 11.3 Å². The largest absolute Gasteiger partial charge is 0.152 e. The molecule has 1 aromatic rings. The average Bonchev–Trinajstić information content (AvgIpc) is 3.04. The summed E-state index contributed by atoms with van der Waals surface area (Å²) in [5.74, 6) is 0.692. The van der Waals surface area contributed by atoms with Crippen molar-refractivity contribution < 1.29 is 0 Å². The first kappa shape index (κ1) is 21.7. The van der Waals surface area contributed by atoms with Gasteiger partial charge in [0.15, 0.2) is 0 Å². The molecule has 1 heteroatoms. The van der Waals surface area contributed by atoms with Gasteiger partial charge in [-0.05, 0) is 40.6 Å². The van der Waals surface area contributed by atoms with Gasteiger partial charge in [0.05, 0.1) is 0 Å². The maximum atomic E-state index is 2.37. The van der Waals surface area contributed by atoms with Crippen LogP contribution in [0.1, 0.15) is 128 Å². The lowest BCUT2D eigenvalue weighted by molar-refractivity contribution is 0.535. The molecule has 1 aromatic heterocycles. The Morgan fingerprint density at radius 1 is 0.667 bits per heavy atom. The fraction of sp³-hybridized carbons (Fsp3) is 0.826. The van der Waals surface area contributed by atoms with Crippen molar-refractivity contribution in [3.63, 3.8) is 0 Å². The van der Waals surface area contributed by atoms with E-state index in [1.54, 1.807) is 11.1 Å². The van der Waals surface area contributed by atoms with E-state index in [-0.39, 0.29) is 0 Å². The van der Waals surface area contributed by atoms with Gasteiger partial charge in [0.1, 0.15) is 0 Å². The summed E-state index contributed by atoms with van der Waals surface area (Å²) >= 11 is 1.88. The zero-order valence-corrected chi connectivity index (χ0v) is 17.6. The SMILES string of the molecule is CCCCCCCCCCCCCCCCc1cscc1C(C)C. The van der Waals surface area contributed by atoms with Crippen LogP contribution in [0.3, 0.4) is 0 Å². The maximum absolute atomic E-state index is 2.37. The first-order valence-electron chi connectivity index (χ1n) is 10.8. The standard InChI is InChI=1S/C23H42S/c1-4-5-6-7-8-9-10-11-12-13-14-15-16-17-18-22-19-24-20-23(22)21(2)3/h19-21H,4-18H2,1-3H3. The Morgan fingerprint density at radius 2 is 1.12 bits per heavy atom. The fourth-order valence-electron chi connectivity index (χ4n) is 3.55. The van der Waals surface area contributed by atoms with Gasteiger partial charge in [-0.15, -0.1) is 0 Å². The van der Waals surface area contributed by atoms with E-state index in [0.717, 1.165) is 0 Å². The molecule has 0 aliphatic heterocycles. The molecule has 0 N–H and O–H groups in total. The van der Waals surface area contributed by atoms with Gasteiger partial charge in [0, 0.05) is 0 Å². The van der Waals surface area contributed by atoms with Crippen LogP contribution in [0.2, 0.25) is 0 Å². The van der Waals surface area contributed by atoms with Crippen LogP contribution in [0.25, 0.3) is 0 Å². The summed E-state index contributed by atoms with van der Waals surface area (Å²) in [5.41, 5.74) is 3.21. The summed E-state index contributed by atoms with van der Waals surface area (Å²) in [6.07, 6.45) is 21.6. The molecule has 140 valence electrons. The first-order chi connectivity index (χ1) is 11.8. The van der Waals surface area contributed by atoms with E-state index >= 15 is 0 Å². The monoisotopic (exact) mass is 350 g/mol. The minimum absolute atomic E-state index is 0.692. The van der Waals surface area contributed by atoms with Gasteiger partial charge in [-0.1, -0.05) is 104 Å².